The molecule has 0 aliphatic carbocycles. The largest absolute Gasteiger partial charge is 0.478 e. The molecule has 0 amide bonds. The Bertz CT molecular complexity index is 746. The molecular formula is C15H16N2O5S. The standard InChI is InChI=1S/C15H16N2O5S/c1-8-12(15(18)19)13(14(23(3)22)9(2)16-8)10-6-4-5-7-11(10)17(20)21/h4-7,13,16H,1-3H3,(H,18,19). The molecule has 2 rings (SSSR count). The summed E-state index contributed by atoms with van der Waals surface area (Å²) in [6.07, 6.45) is 1.43. The highest BCUT2D eigenvalue weighted by Gasteiger charge is 2.38. The number of dihydropyridines is 1. The van der Waals surface area contributed by atoms with Gasteiger partial charge >= 0.3 is 5.97 Å². The van der Waals surface area contributed by atoms with Gasteiger partial charge in [0, 0.05) is 45.0 Å². The van der Waals surface area contributed by atoms with Crippen LogP contribution in [0.1, 0.15) is 25.3 Å². The zero-order valence-electron chi connectivity index (χ0n) is 12.8. The zero-order chi connectivity index (χ0) is 17.3. The predicted molar refractivity (Wildman–Crippen MR) is 86.1 cm³/mol. The molecule has 0 saturated carbocycles. The molecule has 0 aromatic heterocycles. The molecule has 122 valence electrons. The fraction of sp³-hybridized carbons (Fsp3) is 0.267. The number of carbonyl (C=O) groups is 1. The van der Waals surface area contributed by atoms with Gasteiger partial charge in [0.05, 0.1) is 16.4 Å². The Morgan fingerprint density at radius 1 is 1.30 bits per heavy atom. The minimum atomic E-state index is -1.49. The summed E-state index contributed by atoms with van der Waals surface area (Å²) in [7, 11) is -1.49. The van der Waals surface area contributed by atoms with Crippen LogP contribution in [0.25, 0.3) is 0 Å². The molecule has 1 aliphatic heterocycles. The smallest absolute Gasteiger partial charge is 0.334 e. The molecule has 1 aromatic rings. The second-order valence-electron chi connectivity index (χ2n) is 5.16. The number of nitro benzene ring substituents is 1. The minimum Gasteiger partial charge on any atom is -0.478 e. The second kappa shape index (κ2) is 6.33. The van der Waals surface area contributed by atoms with E-state index in [1.54, 1.807) is 19.9 Å². The molecule has 0 bridgehead atoms. The number of hydrogen-bond acceptors (Lipinski definition) is 5. The maximum absolute atomic E-state index is 12.2. The van der Waals surface area contributed by atoms with Crippen molar-refractivity contribution in [1.29, 1.82) is 0 Å². The minimum absolute atomic E-state index is 0.0323. The van der Waals surface area contributed by atoms with Crippen LogP contribution in [0.4, 0.5) is 5.69 Å². The first kappa shape index (κ1) is 16.9. The molecule has 1 aliphatic rings. The number of aliphatic carboxylic acids is 1. The normalized spacial score (nSPS) is 19.3. The summed E-state index contributed by atoms with van der Waals surface area (Å²) in [5.41, 5.74) is 0.931. The molecular weight excluding hydrogens is 320 g/mol. The molecule has 2 atom stereocenters. The first-order valence-corrected chi connectivity index (χ1v) is 8.30. The van der Waals surface area contributed by atoms with Crippen LogP contribution in [0, 0.1) is 10.1 Å². The lowest BCUT2D eigenvalue weighted by Crippen LogP contribution is -2.29. The molecule has 1 heterocycles. The van der Waals surface area contributed by atoms with Gasteiger partial charge in [0.15, 0.2) is 0 Å². The van der Waals surface area contributed by atoms with E-state index in [0.717, 1.165) is 0 Å². The number of nitro groups is 1. The van der Waals surface area contributed by atoms with Gasteiger partial charge in [-0.3, -0.25) is 14.3 Å². The second-order valence-corrected chi connectivity index (χ2v) is 6.51. The van der Waals surface area contributed by atoms with Crippen molar-refractivity contribution in [1.82, 2.24) is 5.32 Å². The monoisotopic (exact) mass is 336 g/mol. The molecule has 0 saturated heterocycles. The quantitative estimate of drug-likeness (QED) is 0.644. The zero-order valence-corrected chi connectivity index (χ0v) is 13.6. The highest BCUT2D eigenvalue weighted by Crippen LogP contribution is 2.42. The van der Waals surface area contributed by atoms with Gasteiger partial charge in [-0.05, 0) is 13.8 Å². The van der Waals surface area contributed by atoms with Gasteiger partial charge in [-0.1, -0.05) is 18.2 Å². The van der Waals surface area contributed by atoms with Crippen molar-refractivity contribution < 1.29 is 19.0 Å². The van der Waals surface area contributed by atoms with E-state index in [9.17, 15) is 24.2 Å². The Hall–Kier alpha value is -2.48. The van der Waals surface area contributed by atoms with Crippen LogP contribution in [0.15, 0.2) is 46.1 Å². The van der Waals surface area contributed by atoms with Gasteiger partial charge in [0.2, 0.25) is 0 Å². The third kappa shape index (κ3) is 3.02. The van der Waals surface area contributed by atoms with Crippen molar-refractivity contribution >= 4 is 22.5 Å². The van der Waals surface area contributed by atoms with E-state index in [0.29, 0.717) is 16.3 Å². The molecule has 1 aromatic carbocycles. The fourth-order valence-electron chi connectivity index (χ4n) is 2.83. The van der Waals surface area contributed by atoms with Gasteiger partial charge in [-0.2, -0.15) is 0 Å². The first-order valence-electron chi connectivity index (χ1n) is 6.74. The molecule has 0 radical (unpaired) electrons. The van der Waals surface area contributed by atoms with Gasteiger partial charge in [0.1, 0.15) is 0 Å². The van der Waals surface area contributed by atoms with E-state index in [4.69, 9.17) is 0 Å². The van der Waals surface area contributed by atoms with Gasteiger partial charge < -0.3 is 10.4 Å². The van der Waals surface area contributed by atoms with E-state index in [1.165, 1.54) is 24.5 Å². The topological polar surface area (TPSA) is 110 Å². The van der Waals surface area contributed by atoms with Crippen molar-refractivity contribution in [2.75, 3.05) is 6.26 Å². The van der Waals surface area contributed by atoms with Gasteiger partial charge in [0.25, 0.3) is 5.69 Å². The van der Waals surface area contributed by atoms with E-state index < -0.39 is 27.6 Å². The average Bonchev–Trinajstić information content (AvgIpc) is 2.45. The van der Waals surface area contributed by atoms with E-state index in [1.807, 2.05) is 0 Å². The molecule has 7 nitrogen and oxygen atoms in total. The summed E-state index contributed by atoms with van der Waals surface area (Å²) < 4.78 is 12.2. The Morgan fingerprint density at radius 3 is 2.43 bits per heavy atom. The summed E-state index contributed by atoms with van der Waals surface area (Å²) in [5, 5.41) is 23.8. The predicted octanol–water partition coefficient (Wildman–Crippen LogP) is 2.25. The van der Waals surface area contributed by atoms with E-state index >= 15 is 0 Å². The lowest BCUT2D eigenvalue weighted by Gasteiger charge is -2.29. The third-order valence-electron chi connectivity index (χ3n) is 3.68. The summed E-state index contributed by atoms with van der Waals surface area (Å²) in [6.45, 7) is 3.27. The molecule has 0 fully saturated rings. The van der Waals surface area contributed by atoms with Crippen LogP contribution in [0.2, 0.25) is 0 Å². The van der Waals surface area contributed by atoms with E-state index in [-0.39, 0.29) is 16.8 Å². The number of carboxylic acid groups (broad SMARTS) is 1. The lowest BCUT2D eigenvalue weighted by atomic mass is 9.85. The Balaban J connectivity index is 2.81. The number of benzene rings is 1. The summed E-state index contributed by atoms with van der Waals surface area (Å²) in [4.78, 5) is 22.8. The Labute approximate surface area is 135 Å². The Kier molecular flexibility index (Phi) is 4.65. The van der Waals surface area contributed by atoms with Crippen LogP contribution in [0.5, 0.6) is 0 Å². The highest BCUT2D eigenvalue weighted by atomic mass is 32.2. The number of rotatable bonds is 4. The molecule has 0 spiro atoms. The summed E-state index contributed by atoms with van der Waals surface area (Å²) >= 11 is 0. The maximum atomic E-state index is 12.2. The van der Waals surface area contributed by atoms with E-state index in [2.05, 4.69) is 5.32 Å². The van der Waals surface area contributed by atoms with Crippen molar-refractivity contribution in [3.63, 3.8) is 0 Å². The number of carboxylic acids is 1. The van der Waals surface area contributed by atoms with Crippen molar-refractivity contribution in [2.45, 2.75) is 19.8 Å². The molecule has 8 heteroatoms. The number of nitrogens with one attached hydrogen (secondary N) is 1. The summed E-state index contributed by atoms with van der Waals surface area (Å²) in [5.74, 6) is -2.13. The van der Waals surface area contributed by atoms with Crippen molar-refractivity contribution in [3.05, 3.63) is 61.8 Å². The molecule has 2 N–H and O–H groups in total. The summed E-state index contributed by atoms with van der Waals surface area (Å²) in [6, 6.07) is 5.94. The van der Waals surface area contributed by atoms with Crippen LogP contribution >= 0.6 is 0 Å². The Morgan fingerprint density at radius 2 is 1.91 bits per heavy atom. The van der Waals surface area contributed by atoms with Crippen LogP contribution in [-0.2, 0) is 15.6 Å². The van der Waals surface area contributed by atoms with Crippen molar-refractivity contribution in [3.8, 4) is 0 Å². The average molecular weight is 336 g/mol. The van der Waals surface area contributed by atoms with Gasteiger partial charge in [-0.15, -0.1) is 0 Å². The third-order valence-corrected chi connectivity index (χ3v) is 4.85. The fourth-order valence-corrected chi connectivity index (χ4v) is 3.89. The number of nitrogens with zero attached hydrogens (tertiary/aromatic N) is 1. The van der Waals surface area contributed by atoms with Crippen LogP contribution in [-0.4, -0.2) is 26.5 Å². The van der Waals surface area contributed by atoms with Crippen LogP contribution < -0.4 is 5.32 Å². The lowest BCUT2D eigenvalue weighted by molar-refractivity contribution is -0.385. The number of allylic oxidation sites excluding steroid dienone is 3. The van der Waals surface area contributed by atoms with Gasteiger partial charge in [-0.25, -0.2) is 4.79 Å². The van der Waals surface area contributed by atoms with Crippen LogP contribution in [0.3, 0.4) is 0 Å². The number of para-hydroxylation sites is 1. The SMILES string of the molecule is CC1=C(C(=O)O)C(c2ccccc2[N+](=O)[O-])C(S(C)=O)=C(C)N1. The first-order chi connectivity index (χ1) is 10.8. The number of hydrogen-bond donors (Lipinski definition) is 2. The van der Waals surface area contributed by atoms with Crippen molar-refractivity contribution in [2.24, 2.45) is 0 Å². The highest BCUT2D eigenvalue weighted by molar-refractivity contribution is 7.88. The molecule has 23 heavy (non-hydrogen) atoms. The molecule has 2 unspecified atom stereocenters. The maximum Gasteiger partial charge on any atom is 0.334 e.